The smallest absolute Gasteiger partial charge is 0.138 e. The molecule has 0 aliphatic carbocycles. The molecule has 4 heteroatoms. The summed E-state index contributed by atoms with van der Waals surface area (Å²) in [4.78, 5) is 5.14. The molecule has 1 aliphatic rings. The molecule has 0 radical (unpaired) electrons. The van der Waals surface area contributed by atoms with E-state index < -0.39 is 0 Å². The molecular formula is C7H12N2OS. The molecule has 0 atom stereocenters. The van der Waals surface area contributed by atoms with Gasteiger partial charge in [0.1, 0.15) is 10.6 Å². The van der Waals surface area contributed by atoms with Gasteiger partial charge in [-0.2, -0.15) is 0 Å². The van der Waals surface area contributed by atoms with Crippen LogP contribution in [-0.4, -0.2) is 22.6 Å². The van der Waals surface area contributed by atoms with Crippen molar-refractivity contribution in [2.24, 2.45) is 5.16 Å². The molecule has 62 valence electrons. The van der Waals surface area contributed by atoms with Gasteiger partial charge in [0.15, 0.2) is 0 Å². The van der Waals surface area contributed by atoms with Gasteiger partial charge in [0.2, 0.25) is 0 Å². The molecule has 1 N–H and O–H groups in total. The Hall–Kier alpha value is -0.510. The minimum absolute atomic E-state index is 0.135. The summed E-state index contributed by atoms with van der Waals surface area (Å²) in [5.41, 5.74) is -0.135. The van der Waals surface area contributed by atoms with Crippen LogP contribution in [0.3, 0.4) is 0 Å². The van der Waals surface area contributed by atoms with E-state index in [4.69, 9.17) is 10.2 Å². The molecule has 0 fully saturated rings. The van der Waals surface area contributed by atoms with E-state index >= 15 is 0 Å². The Bertz CT molecular complexity index is 189. The molecule has 0 amide bonds. The molecule has 0 aromatic carbocycles. The van der Waals surface area contributed by atoms with E-state index in [-0.39, 0.29) is 5.60 Å². The Kier molecular flexibility index (Phi) is 2.54. The molecule has 1 heterocycles. The van der Waals surface area contributed by atoms with Crippen LogP contribution in [0.5, 0.6) is 0 Å². The normalized spacial score (nSPS) is 20.7. The Morgan fingerprint density at radius 2 is 2.55 bits per heavy atom. The molecule has 1 rings (SSSR count). The molecule has 0 aromatic rings. The fourth-order valence-electron chi connectivity index (χ4n) is 0.818. The van der Waals surface area contributed by atoms with Gasteiger partial charge in [-0.3, -0.25) is 0 Å². The van der Waals surface area contributed by atoms with Gasteiger partial charge in [-0.25, -0.2) is 0 Å². The summed E-state index contributed by atoms with van der Waals surface area (Å²) >= 11 is 1.57. The number of hydrogen-bond donors (Lipinski definition) is 1. The van der Waals surface area contributed by atoms with Crippen molar-refractivity contribution in [1.29, 1.82) is 5.41 Å². The quantitative estimate of drug-likeness (QED) is 0.646. The predicted molar refractivity (Wildman–Crippen MR) is 48.5 cm³/mol. The lowest BCUT2D eigenvalue weighted by Gasteiger charge is -2.12. The van der Waals surface area contributed by atoms with Crippen molar-refractivity contribution in [1.82, 2.24) is 0 Å². The molecule has 0 bridgehead atoms. The van der Waals surface area contributed by atoms with Crippen LogP contribution in [0.1, 0.15) is 20.3 Å². The Morgan fingerprint density at radius 1 is 1.82 bits per heavy atom. The van der Waals surface area contributed by atoms with Crippen molar-refractivity contribution >= 4 is 23.0 Å². The largest absolute Gasteiger partial charge is 0.389 e. The average Bonchev–Trinajstić information content (AvgIpc) is 2.26. The second-order valence-corrected chi connectivity index (χ2v) is 4.12. The lowest BCUT2D eigenvalue weighted by atomic mass is 10.1. The van der Waals surface area contributed by atoms with E-state index in [0.29, 0.717) is 5.75 Å². The SMILES string of the molecule is CC1(C)CC(SCC=N)=NO1. The summed E-state index contributed by atoms with van der Waals surface area (Å²) < 4.78 is 0. The van der Waals surface area contributed by atoms with Crippen LogP contribution in [0.15, 0.2) is 5.16 Å². The van der Waals surface area contributed by atoms with Crippen LogP contribution >= 0.6 is 11.8 Å². The molecule has 0 saturated carbocycles. The highest BCUT2D eigenvalue weighted by Gasteiger charge is 2.28. The van der Waals surface area contributed by atoms with Crippen LogP contribution < -0.4 is 0 Å². The molecule has 3 nitrogen and oxygen atoms in total. The minimum Gasteiger partial charge on any atom is -0.389 e. The summed E-state index contributed by atoms with van der Waals surface area (Å²) in [6, 6.07) is 0. The average molecular weight is 172 g/mol. The highest BCUT2D eigenvalue weighted by atomic mass is 32.2. The summed E-state index contributed by atoms with van der Waals surface area (Å²) in [7, 11) is 0. The third-order valence-corrected chi connectivity index (χ3v) is 2.19. The summed E-state index contributed by atoms with van der Waals surface area (Å²) in [5.74, 6) is 0.693. The van der Waals surface area contributed by atoms with E-state index in [1.165, 1.54) is 6.21 Å². The first-order valence-electron chi connectivity index (χ1n) is 3.51. The topological polar surface area (TPSA) is 45.4 Å². The summed E-state index contributed by atoms with van der Waals surface area (Å²) in [6.45, 7) is 4.02. The van der Waals surface area contributed by atoms with Gasteiger partial charge in [0.25, 0.3) is 0 Å². The second-order valence-electron chi connectivity index (χ2n) is 3.03. The third-order valence-electron chi connectivity index (χ3n) is 1.30. The lowest BCUT2D eigenvalue weighted by molar-refractivity contribution is 0.0123. The van der Waals surface area contributed by atoms with E-state index in [1.807, 2.05) is 13.8 Å². The zero-order chi connectivity index (χ0) is 8.32. The van der Waals surface area contributed by atoms with Gasteiger partial charge in [-0.1, -0.05) is 5.16 Å². The number of oxime groups is 1. The first kappa shape index (κ1) is 8.59. The molecular weight excluding hydrogens is 160 g/mol. The third kappa shape index (κ3) is 2.54. The molecule has 0 saturated heterocycles. The standard InChI is InChI=1S/C7H12N2OS/c1-7(2)5-6(9-10-7)11-4-3-8/h3,8H,4-5H2,1-2H3. The van der Waals surface area contributed by atoms with E-state index in [1.54, 1.807) is 11.8 Å². The molecule has 0 unspecified atom stereocenters. The number of nitrogens with one attached hydrogen (secondary N) is 1. The van der Waals surface area contributed by atoms with Crippen LogP contribution in [0.4, 0.5) is 0 Å². The molecule has 0 spiro atoms. The Balaban J connectivity index is 2.34. The Labute approximate surface area is 70.7 Å². The zero-order valence-corrected chi connectivity index (χ0v) is 7.57. The molecule has 0 aromatic heterocycles. The van der Waals surface area contributed by atoms with Crippen molar-refractivity contribution in [2.45, 2.75) is 25.9 Å². The lowest BCUT2D eigenvalue weighted by Crippen LogP contribution is -2.18. The predicted octanol–water partition coefficient (Wildman–Crippen LogP) is 1.88. The van der Waals surface area contributed by atoms with Gasteiger partial charge in [0.05, 0.1) is 0 Å². The number of thioether (sulfide) groups is 1. The first-order chi connectivity index (χ1) is 5.14. The van der Waals surface area contributed by atoms with Crippen LogP contribution in [0.25, 0.3) is 0 Å². The summed E-state index contributed by atoms with van der Waals surface area (Å²) in [5, 5.41) is 11.7. The van der Waals surface area contributed by atoms with Crippen molar-refractivity contribution in [3.05, 3.63) is 0 Å². The van der Waals surface area contributed by atoms with Gasteiger partial charge >= 0.3 is 0 Å². The maximum absolute atomic E-state index is 6.82. The van der Waals surface area contributed by atoms with Gasteiger partial charge in [0, 0.05) is 18.4 Å². The van der Waals surface area contributed by atoms with Crippen molar-refractivity contribution in [3.8, 4) is 0 Å². The number of nitrogens with zero attached hydrogens (tertiary/aromatic N) is 1. The summed E-state index contributed by atoms with van der Waals surface area (Å²) in [6.07, 6.45) is 2.24. The fraction of sp³-hybridized carbons (Fsp3) is 0.714. The van der Waals surface area contributed by atoms with Crippen molar-refractivity contribution in [2.75, 3.05) is 5.75 Å². The maximum atomic E-state index is 6.82. The van der Waals surface area contributed by atoms with Crippen LogP contribution in [-0.2, 0) is 4.84 Å². The van der Waals surface area contributed by atoms with E-state index in [0.717, 1.165) is 11.5 Å². The highest BCUT2D eigenvalue weighted by molar-refractivity contribution is 8.14. The van der Waals surface area contributed by atoms with Crippen molar-refractivity contribution in [3.63, 3.8) is 0 Å². The van der Waals surface area contributed by atoms with Crippen molar-refractivity contribution < 1.29 is 4.84 Å². The number of hydrogen-bond acceptors (Lipinski definition) is 4. The van der Waals surface area contributed by atoms with Crippen LogP contribution in [0.2, 0.25) is 0 Å². The monoisotopic (exact) mass is 172 g/mol. The van der Waals surface area contributed by atoms with Crippen LogP contribution in [0, 0.1) is 5.41 Å². The second kappa shape index (κ2) is 3.26. The fourth-order valence-corrected chi connectivity index (χ4v) is 1.63. The van der Waals surface area contributed by atoms with Gasteiger partial charge < -0.3 is 10.2 Å². The molecule has 11 heavy (non-hydrogen) atoms. The first-order valence-corrected chi connectivity index (χ1v) is 4.49. The highest BCUT2D eigenvalue weighted by Crippen LogP contribution is 2.26. The maximum Gasteiger partial charge on any atom is 0.138 e. The Morgan fingerprint density at radius 3 is 3.00 bits per heavy atom. The van der Waals surface area contributed by atoms with Gasteiger partial charge in [-0.05, 0) is 13.8 Å². The van der Waals surface area contributed by atoms with E-state index in [2.05, 4.69) is 5.16 Å². The molecule has 1 aliphatic heterocycles. The zero-order valence-electron chi connectivity index (χ0n) is 6.76. The van der Waals surface area contributed by atoms with Gasteiger partial charge in [-0.15, -0.1) is 11.8 Å². The number of rotatable bonds is 2. The minimum atomic E-state index is -0.135. The van der Waals surface area contributed by atoms with E-state index in [9.17, 15) is 0 Å².